The molecule has 8 nitrogen and oxygen atoms in total. The first-order chi connectivity index (χ1) is 10.5. The van der Waals surface area contributed by atoms with Crippen molar-refractivity contribution in [3.63, 3.8) is 0 Å². The minimum absolute atomic E-state index is 0.292. The van der Waals surface area contributed by atoms with Crippen molar-refractivity contribution in [1.82, 2.24) is 0 Å². The number of esters is 2. The Bertz CT molecular complexity index is 456. The molecule has 0 aromatic heterocycles. The molecule has 2 saturated heterocycles. The van der Waals surface area contributed by atoms with Gasteiger partial charge in [-0.15, -0.1) is 0 Å². The maximum Gasteiger partial charge on any atom is 0.305 e. The Labute approximate surface area is 135 Å². The van der Waals surface area contributed by atoms with Gasteiger partial charge in [0.15, 0.2) is 17.7 Å². The maximum atomic E-state index is 11.3. The van der Waals surface area contributed by atoms with Gasteiger partial charge in [-0.1, -0.05) is 0 Å². The second-order valence-electron chi connectivity index (χ2n) is 6.52. The van der Waals surface area contributed by atoms with E-state index in [0.29, 0.717) is 6.61 Å². The van der Waals surface area contributed by atoms with E-state index < -0.39 is 48.1 Å². The molecule has 0 aliphatic carbocycles. The summed E-state index contributed by atoms with van der Waals surface area (Å²) < 4.78 is 33.2. The van der Waals surface area contributed by atoms with Crippen molar-refractivity contribution in [3.05, 3.63) is 0 Å². The van der Waals surface area contributed by atoms with Gasteiger partial charge in [-0.3, -0.25) is 9.59 Å². The Hall–Kier alpha value is -1.22. The number of rotatable bonds is 4. The summed E-state index contributed by atoms with van der Waals surface area (Å²) in [5.41, 5.74) is 0. The quantitative estimate of drug-likeness (QED) is 0.559. The molecule has 0 N–H and O–H groups in total. The molecule has 2 aliphatic heterocycles. The lowest BCUT2D eigenvalue weighted by Gasteiger charge is -2.27. The minimum atomic E-state index is -1.22. The molecule has 0 amide bonds. The van der Waals surface area contributed by atoms with Crippen molar-refractivity contribution in [1.29, 1.82) is 0 Å². The summed E-state index contributed by atoms with van der Waals surface area (Å²) in [5.74, 6) is -2.87. The van der Waals surface area contributed by atoms with Gasteiger partial charge in [0, 0.05) is 13.8 Å². The number of carbonyl (C=O) groups excluding carboxylic acids is 2. The fraction of sp³-hybridized carbons (Fsp3) is 0.867. The highest BCUT2D eigenvalue weighted by Crippen LogP contribution is 2.37. The zero-order valence-corrected chi connectivity index (χ0v) is 14.3. The van der Waals surface area contributed by atoms with E-state index in [4.69, 9.17) is 28.4 Å². The number of ether oxygens (including phenoxy) is 6. The number of hydrogen-bond donors (Lipinski definition) is 0. The molecule has 2 aliphatic rings. The van der Waals surface area contributed by atoms with E-state index in [1.54, 1.807) is 27.7 Å². The number of hydrogen-bond acceptors (Lipinski definition) is 8. The molecule has 0 saturated carbocycles. The van der Waals surface area contributed by atoms with Crippen LogP contribution in [0.5, 0.6) is 0 Å². The highest BCUT2D eigenvalue weighted by molar-refractivity contribution is 5.68. The van der Waals surface area contributed by atoms with Gasteiger partial charge in [-0.05, 0) is 27.7 Å². The van der Waals surface area contributed by atoms with Crippen LogP contribution in [0.25, 0.3) is 0 Å². The van der Waals surface area contributed by atoms with E-state index in [2.05, 4.69) is 0 Å². The summed E-state index contributed by atoms with van der Waals surface area (Å²) in [5, 5.41) is 0. The molecule has 3 atom stereocenters. The minimum Gasteiger partial charge on any atom is -0.422 e. The van der Waals surface area contributed by atoms with E-state index in [0.717, 1.165) is 0 Å². The lowest BCUT2D eigenvalue weighted by atomic mass is 10.1. The van der Waals surface area contributed by atoms with Gasteiger partial charge in [0.05, 0.1) is 6.61 Å². The van der Waals surface area contributed by atoms with E-state index in [1.807, 2.05) is 0 Å². The Morgan fingerprint density at radius 2 is 1.52 bits per heavy atom. The highest BCUT2D eigenvalue weighted by atomic mass is 16.8. The van der Waals surface area contributed by atoms with Crippen LogP contribution >= 0.6 is 0 Å². The van der Waals surface area contributed by atoms with Crippen LogP contribution in [0.15, 0.2) is 0 Å². The average molecular weight is 332 g/mol. The van der Waals surface area contributed by atoms with Crippen molar-refractivity contribution in [2.45, 2.75) is 77.7 Å². The Kier molecular flexibility index (Phi) is 5.00. The van der Waals surface area contributed by atoms with Crippen LogP contribution in [-0.4, -0.2) is 54.7 Å². The van der Waals surface area contributed by atoms with Gasteiger partial charge >= 0.3 is 11.9 Å². The van der Waals surface area contributed by atoms with Crippen LogP contribution in [0.2, 0.25) is 0 Å². The normalized spacial score (nSPS) is 32.0. The fourth-order valence-electron chi connectivity index (χ4n) is 2.68. The van der Waals surface area contributed by atoms with Crippen LogP contribution in [0.4, 0.5) is 0 Å². The molecule has 0 bridgehead atoms. The van der Waals surface area contributed by atoms with Gasteiger partial charge < -0.3 is 28.4 Å². The third-order valence-electron chi connectivity index (χ3n) is 3.39. The Morgan fingerprint density at radius 1 is 0.957 bits per heavy atom. The van der Waals surface area contributed by atoms with Crippen molar-refractivity contribution < 1.29 is 38.0 Å². The van der Waals surface area contributed by atoms with Crippen LogP contribution in [0.3, 0.4) is 0 Å². The van der Waals surface area contributed by atoms with Crippen LogP contribution in [0, 0.1) is 0 Å². The van der Waals surface area contributed by atoms with Gasteiger partial charge in [-0.25, -0.2) is 0 Å². The van der Waals surface area contributed by atoms with Crippen molar-refractivity contribution in [2.75, 3.05) is 6.61 Å². The molecule has 23 heavy (non-hydrogen) atoms. The molecule has 132 valence electrons. The predicted octanol–water partition coefficient (Wildman–Crippen LogP) is 1.11. The molecule has 2 rings (SSSR count). The zero-order chi connectivity index (χ0) is 17.4. The summed E-state index contributed by atoms with van der Waals surface area (Å²) >= 11 is 0. The Balaban J connectivity index is 2.20. The van der Waals surface area contributed by atoms with Gasteiger partial charge in [-0.2, -0.15) is 0 Å². The number of carbonyl (C=O) groups is 2. The first kappa shape index (κ1) is 18.1. The molecule has 8 heteroatoms. The smallest absolute Gasteiger partial charge is 0.305 e. The van der Waals surface area contributed by atoms with Gasteiger partial charge in [0.25, 0.3) is 6.29 Å². The second-order valence-corrected chi connectivity index (χ2v) is 6.52. The van der Waals surface area contributed by atoms with E-state index in [-0.39, 0.29) is 0 Å². The Morgan fingerprint density at radius 3 is 1.96 bits per heavy atom. The average Bonchev–Trinajstić information content (AvgIpc) is 2.87. The summed E-state index contributed by atoms with van der Waals surface area (Å²) in [4.78, 5) is 22.6. The highest BCUT2D eigenvalue weighted by Gasteiger charge is 2.54. The van der Waals surface area contributed by atoms with E-state index in [9.17, 15) is 9.59 Å². The van der Waals surface area contributed by atoms with Crippen LogP contribution in [0.1, 0.15) is 41.5 Å². The largest absolute Gasteiger partial charge is 0.422 e. The second kappa shape index (κ2) is 6.35. The molecule has 2 fully saturated rings. The van der Waals surface area contributed by atoms with Gasteiger partial charge in [0.1, 0.15) is 12.2 Å². The lowest BCUT2D eigenvalue weighted by molar-refractivity contribution is -0.219. The van der Waals surface area contributed by atoms with Crippen molar-refractivity contribution in [2.24, 2.45) is 0 Å². The fourth-order valence-corrected chi connectivity index (χ4v) is 2.68. The third kappa shape index (κ3) is 4.63. The lowest BCUT2D eigenvalue weighted by Crippen LogP contribution is -2.47. The molecule has 2 heterocycles. The first-order valence-corrected chi connectivity index (χ1v) is 7.51. The zero-order valence-electron chi connectivity index (χ0n) is 14.3. The standard InChI is InChI=1S/C15H24O8/c1-8(16)19-13(20-9(2)17)12-11(22-15(5,6)23-12)10-7-18-14(3,4)21-10/h10-13H,7H2,1-6H3/t10-,11+,12-/m1/s1. The van der Waals surface area contributed by atoms with E-state index >= 15 is 0 Å². The van der Waals surface area contributed by atoms with Crippen molar-refractivity contribution >= 4 is 11.9 Å². The van der Waals surface area contributed by atoms with Gasteiger partial charge in [0.2, 0.25) is 0 Å². The predicted molar refractivity (Wildman–Crippen MR) is 76.0 cm³/mol. The molecule has 0 spiro atoms. The van der Waals surface area contributed by atoms with Crippen LogP contribution in [-0.2, 0) is 38.0 Å². The summed E-state index contributed by atoms with van der Waals surface area (Å²) in [6, 6.07) is 0. The monoisotopic (exact) mass is 332 g/mol. The molecule has 0 unspecified atom stereocenters. The molecule has 0 radical (unpaired) electrons. The summed E-state index contributed by atoms with van der Waals surface area (Å²) in [7, 11) is 0. The SMILES string of the molecule is CC(=O)OC(OC(C)=O)[C@@H]1OC(C)(C)O[C@H]1[C@H]1COC(C)(C)O1. The molecule has 0 aromatic carbocycles. The molecular weight excluding hydrogens is 308 g/mol. The van der Waals surface area contributed by atoms with E-state index in [1.165, 1.54) is 13.8 Å². The topological polar surface area (TPSA) is 89.5 Å². The molecular formula is C15H24O8. The first-order valence-electron chi connectivity index (χ1n) is 7.51. The van der Waals surface area contributed by atoms with Crippen molar-refractivity contribution in [3.8, 4) is 0 Å². The summed E-state index contributed by atoms with van der Waals surface area (Å²) in [6.07, 6.45) is -3.09. The van der Waals surface area contributed by atoms with Crippen LogP contribution < -0.4 is 0 Å². The third-order valence-corrected chi connectivity index (χ3v) is 3.39. The molecule has 0 aromatic rings. The maximum absolute atomic E-state index is 11.3. The summed E-state index contributed by atoms with van der Waals surface area (Å²) in [6.45, 7) is 9.77.